The van der Waals surface area contributed by atoms with Gasteiger partial charge in [-0.05, 0) is 56.0 Å². The number of anilines is 1. The fourth-order valence-corrected chi connectivity index (χ4v) is 5.17. The summed E-state index contributed by atoms with van der Waals surface area (Å²) in [4.78, 5) is 0.329. The van der Waals surface area contributed by atoms with Gasteiger partial charge in [-0.25, -0.2) is 12.8 Å². The van der Waals surface area contributed by atoms with Crippen molar-refractivity contribution < 1.29 is 12.8 Å². The number of halogens is 1. The minimum Gasteiger partial charge on any atom is -0.266 e. The van der Waals surface area contributed by atoms with E-state index in [0.29, 0.717) is 23.5 Å². The van der Waals surface area contributed by atoms with Crippen LogP contribution in [0.3, 0.4) is 0 Å². The van der Waals surface area contributed by atoms with Gasteiger partial charge in [-0.2, -0.15) is 0 Å². The molecule has 0 radical (unpaired) electrons. The number of hydrogen-bond donors (Lipinski definition) is 0. The molecule has 0 bridgehead atoms. The van der Waals surface area contributed by atoms with E-state index in [2.05, 4.69) is 0 Å². The maximum absolute atomic E-state index is 13.5. The first-order valence-electron chi connectivity index (χ1n) is 7.20. The lowest BCUT2D eigenvalue weighted by Crippen LogP contribution is -2.30. The summed E-state index contributed by atoms with van der Waals surface area (Å²) in [5.74, 6) is -0.418. The summed E-state index contributed by atoms with van der Waals surface area (Å²) in [5, 5.41) is 0. The van der Waals surface area contributed by atoms with E-state index in [4.69, 9.17) is 0 Å². The van der Waals surface area contributed by atoms with E-state index in [9.17, 15) is 12.8 Å². The summed E-state index contributed by atoms with van der Waals surface area (Å²) in [6, 6.07) is 8.07. The molecule has 0 fully saturated rings. The molecule has 0 aliphatic carbocycles. The molecule has 1 heterocycles. The number of rotatable bonds is 2. The van der Waals surface area contributed by atoms with E-state index < -0.39 is 15.8 Å². The van der Waals surface area contributed by atoms with Gasteiger partial charge in [0.1, 0.15) is 5.82 Å². The van der Waals surface area contributed by atoms with E-state index in [1.54, 1.807) is 19.9 Å². The summed E-state index contributed by atoms with van der Waals surface area (Å²) >= 11 is 0. The van der Waals surface area contributed by atoms with Crippen molar-refractivity contribution in [2.75, 3.05) is 10.8 Å². The highest BCUT2D eigenvalue weighted by molar-refractivity contribution is 7.93. The van der Waals surface area contributed by atoms with Crippen molar-refractivity contribution in [1.29, 1.82) is 0 Å². The second kappa shape index (κ2) is 5.09. The predicted octanol–water partition coefficient (Wildman–Crippen LogP) is 3.50. The van der Waals surface area contributed by atoms with Gasteiger partial charge in [0.25, 0.3) is 10.0 Å². The summed E-state index contributed by atoms with van der Waals surface area (Å²) in [6.45, 7) is 5.90. The van der Waals surface area contributed by atoms with Gasteiger partial charge in [0.05, 0.1) is 10.6 Å². The topological polar surface area (TPSA) is 37.4 Å². The van der Waals surface area contributed by atoms with E-state index in [1.807, 2.05) is 19.1 Å². The number of sulfonamides is 1. The van der Waals surface area contributed by atoms with Gasteiger partial charge in [0, 0.05) is 6.54 Å². The summed E-state index contributed by atoms with van der Waals surface area (Å²) in [5.41, 5.74) is 3.80. The van der Waals surface area contributed by atoms with E-state index in [1.165, 1.54) is 16.4 Å². The average Bonchev–Trinajstić information content (AvgIpc) is 2.80. The van der Waals surface area contributed by atoms with Crippen LogP contribution in [-0.2, 0) is 16.4 Å². The Hall–Kier alpha value is -1.88. The zero-order valence-corrected chi connectivity index (χ0v) is 13.7. The molecule has 22 heavy (non-hydrogen) atoms. The number of hydrogen-bond acceptors (Lipinski definition) is 2. The van der Waals surface area contributed by atoms with Gasteiger partial charge in [-0.1, -0.05) is 23.8 Å². The largest absolute Gasteiger partial charge is 0.266 e. The molecule has 0 saturated carbocycles. The first kappa shape index (κ1) is 15.0. The zero-order chi connectivity index (χ0) is 16.1. The second-order valence-corrected chi connectivity index (χ2v) is 7.63. The summed E-state index contributed by atoms with van der Waals surface area (Å²) < 4.78 is 41.0. The Morgan fingerprint density at radius 3 is 2.32 bits per heavy atom. The van der Waals surface area contributed by atoms with Crippen molar-refractivity contribution >= 4 is 15.7 Å². The Morgan fingerprint density at radius 1 is 1.05 bits per heavy atom. The first-order chi connectivity index (χ1) is 10.3. The molecule has 2 aromatic rings. The molecule has 2 aromatic carbocycles. The molecule has 5 heteroatoms. The SMILES string of the molecule is Cc1cc(C)c(S(=O)(=O)N2CCc3ccc(F)cc32)c(C)c1. The monoisotopic (exact) mass is 319 g/mol. The van der Waals surface area contributed by atoms with Gasteiger partial charge >= 0.3 is 0 Å². The summed E-state index contributed by atoms with van der Waals surface area (Å²) in [6.07, 6.45) is 0.610. The van der Waals surface area contributed by atoms with Crippen LogP contribution in [0, 0.1) is 26.6 Å². The lowest BCUT2D eigenvalue weighted by atomic mass is 10.1. The molecule has 0 aromatic heterocycles. The van der Waals surface area contributed by atoms with E-state index in [-0.39, 0.29) is 0 Å². The Bertz CT molecular complexity index is 836. The third kappa shape index (κ3) is 2.29. The van der Waals surface area contributed by atoms with Gasteiger partial charge in [-0.15, -0.1) is 0 Å². The lowest BCUT2D eigenvalue weighted by Gasteiger charge is -2.22. The van der Waals surface area contributed by atoms with Gasteiger partial charge in [-0.3, -0.25) is 4.31 Å². The molecule has 0 atom stereocenters. The van der Waals surface area contributed by atoms with Gasteiger partial charge in [0.15, 0.2) is 0 Å². The van der Waals surface area contributed by atoms with Crippen LogP contribution >= 0.6 is 0 Å². The van der Waals surface area contributed by atoms with Crippen LogP contribution < -0.4 is 4.31 Å². The molecule has 0 saturated heterocycles. The molecular weight excluding hydrogens is 301 g/mol. The highest BCUT2D eigenvalue weighted by Crippen LogP contribution is 2.35. The molecule has 1 aliphatic rings. The zero-order valence-electron chi connectivity index (χ0n) is 12.9. The van der Waals surface area contributed by atoms with Crippen molar-refractivity contribution in [2.45, 2.75) is 32.1 Å². The Morgan fingerprint density at radius 2 is 1.68 bits per heavy atom. The lowest BCUT2D eigenvalue weighted by molar-refractivity contribution is 0.591. The normalized spacial score (nSPS) is 14.3. The maximum atomic E-state index is 13.5. The molecule has 0 unspecified atom stereocenters. The molecule has 3 rings (SSSR count). The molecule has 0 spiro atoms. The van der Waals surface area contributed by atoms with Crippen LogP contribution in [0.2, 0.25) is 0 Å². The fourth-order valence-electron chi connectivity index (χ4n) is 3.26. The van der Waals surface area contributed by atoms with E-state index in [0.717, 1.165) is 22.3 Å². The highest BCUT2D eigenvalue weighted by atomic mass is 32.2. The standard InChI is InChI=1S/C17H18FNO2S/c1-11-8-12(2)17(13(3)9-11)22(20,21)19-7-6-14-4-5-15(18)10-16(14)19/h4-5,8-10H,6-7H2,1-3H3. The Kier molecular flexibility index (Phi) is 3.48. The average molecular weight is 319 g/mol. The van der Waals surface area contributed by atoms with Crippen LogP contribution in [0.5, 0.6) is 0 Å². The first-order valence-corrected chi connectivity index (χ1v) is 8.64. The smallest absolute Gasteiger partial charge is 0.264 e. The quantitative estimate of drug-likeness (QED) is 0.849. The minimum absolute atomic E-state index is 0.329. The summed E-state index contributed by atoms with van der Waals surface area (Å²) in [7, 11) is -3.68. The molecular formula is C17H18FNO2S. The Labute approximate surface area is 130 Å². The predicted molar refractivity (Wildman–Crippen MR) is 85.3 cm³/mol. The fraction of sp³-hybridized carbons (Fsp3) is 0.294. The molecule has 1 aliphatic heterocycles. The number of aryl methyl sites for hydroxylation is 3. The number of benzene rings is 2. The van der Waals surface area contributed by atoms with Crippen molar-refractivity contribution in [1.82, 2.24) is 0 Å². The van der Waals surface area contributed by atoms with Crippen LogP contribution in [0.4, 0.5) is 10.1 Å². The van der Waals surface area contributed by atoms with E-state index >= 15 is 0 Å². The van der Waals surface area contributed by atoms with Crippen molar-refractivity contribution in [2.24, 2.45) is 0 Å². The minimum atomic E-state index is -3.68. The molecule has 0 amide bonds. The highest BCUT2D eigenvalue weighted by Gasteiger charge is 2.33. The van der Waals surface area contributed by atoms with Crippen LogP contribution in [0.25, 0.3) is 0 Å². The van der Waals surface area contributed by atoms with Crippen LogP contribution in [0.15, 0.2) is 35.2 Å². The maximum Gasteiger partial charge on any atom is 0.264 e. The van der Waals surface area contributed by atoms with Gasteiger partial charge < -0.3 is 0 Å². The van der Waals surface area contributed by atoms with Crippen molar-refractivity contribution in [3.05, 3.63) is 58.4 Å². The second-order valence-electron chi connectivity index (χ2n) is 5.83. The third-order valence-electron chi connectivity index (χ3n) is 4.05. The van der Waals surface area contributed by atoms with Crippen LogP contribution in [-0.4, -0.2) is 15.0 Å². The Balaban J connectivity index is 2.16. The molecule has 116 valence electrons. The van der Waals surface area contributed by atoms with Gasteiger partial charge in [0.2, 0.25) is 0 Å². The third-order valence-corrected chi connectivity index (χ3v) is 6.17. The van der Waals surface area contributed by atoms with Crippen molar-refractivity contribution in [3.8, 4) is 0 Å². The van der Waals surface area contributed by atoms with Crippen molar-refractivity contribution in [3.63, 3.8) is 0 Å². The molecule has 0 N–H and O–H groups in total. The molecule has 3 nitrogen and oxygen atoms in total. The van der Waals surface area contributed by atoms with Crippen LogP contribution in [0.1, 0.15) is 22.3 Å². The number of nitrogens with zero attached hydrogens (tertiary/aromatic N) is 1. The number of fused-ring (bicyclic) bond motifs is 1.